The van der Waals surface area contributed by atoms with E-state index in [1.807, 2.05) is 30.3 Å². The van der Waals surface area contributed by atoms with Gasteiger partial charge in [-0.3, -0.25) is 14.7 Å². The molecule has 8 nitrogen and oxygen atoms in total. The molecule has 2 aromatic heterocycles. The Hall–Kier alpha value is -3.86. The number of amides is 1. The van der Waals surface area contributed by atoms with Crippen molar-refractivity contribution in [1.82, 2.24) is 20.1 Å². The zero-order chi connectivity index (χ0) is 19.7. The largest absolute Gasteiger partial charge is 0.496 e. The molecule has 3 aromatic rings. The Bertz CT molecular complexity index is 1160. The van der Waals surface area contributed by atoms with E-state index in [1.165, 1.54) is 0 Å². The van der Waals surface area contributed by atoms with Crippen LogP contribution < -0.4 is 10.3 Å². The number of pyridine rings is 1. The molecule has 1 amide bonds. The first-order valence-corrected chi connectivity index (χ1v) is 8.74. The molecule has 2 N–H and O–H groups in total. The van der Waals surface area contributed by atoms with Gasteiger partial charge in [0.05, 0.1) is 12.8 Å². The van der Waals surface area contributed by atoms with Crippen LogP contribution in [0, 0.1) is 11.3 Å². The number of hydrogen-bond donors (Lipinski definition) is 2. The molecule has 1 aromatic carbocycles. The number of H-pyrrole nitrogens is 2. The van der Waals surface area contributed by atoms with Gasteiger partial charge >= 0.3 is 0 Å². The van der Waals surface area contributed by atoms with Gasteiger partial charge in [0.1, 0.15) is 23.1 Å². The number of nitriles is 1. The standard InChI is InChI=1S/C20H17N5O3/c1-28-18-5-3-2-4-14(18)16-9-17(24-23-16)20(27)25-7-6-15-13(11-25)8-12(10-21)19(26)22-15/h2-5,8-9H,6-7,11H2,1H3,(H,22,26)(H,23,24). The van der Waals surface area contributed by atoms with Crippen molar-refractivity contribution >= 4 is 5.91 Å². The predicted molar refractivity (Wildman–Crippen MR) is 101 cm³/mol. The predicted octanol–water partition coefficient (Wildman–Crippen LogP) is 1.84. The van der Waals surface area contributed by atoms with Crippen molar-refractivity contribution in [3.05, 3.63) is 69.3 Å². The molecule has 3 heterocycles. The van der Waals surface area contributed by atoms with Crippen LogP contribution in [-0.2, 0) is 13.0 Å². The van der Waals surface area contributed by atoms with E-state index in [2.05, 4.69) is 15.2 Å². The normalized spacial score (nSPS) is 12.9. The molecule has 0 spiro atoms. The van der Waals surface area contributed by atoms with Gasteiger partial charge in [-0.15, -0.1) is 0 Å². The average molecular weight is 375 g/mol. The van der Waals surface area contributed by atoms with E-state index in [0.29, 0.717) is 36.6 Å². The monoisotopic (exact) mass is 375 g/mol. The van der Waals surface area contributed by atoms with Gasteiger partial charge in [0.15, 0.2) is 0 Å². The highest BCUT2D eigenvalue weighted by Gasteiger charge is 2.25. The van der Waals surface area contributed by atoms with Gasteiger partial charge in [0.2, 0.25) is 0 Å². The second-order valence-electron chi connectivity index (χ2n) is 6.47. The number of ether oxygens (including phenoxy) is 1. The maximum Gasteiger partial charge on any atom is 0.272 e. The Morgan fingerprint density at radius 3 is 2.93 bits per heavy atom. The maximum atomic E-state index is 12.9. The fourth-order valence-corrected chi connectivity index (χ4v) is 3.36. The van der Waals surface area contributed by atoms with Crippen molar-refractivity contribution in [1.29, 1.82) is 5.26 Å². The van der Waals surface area contributed by atoms with Crippen molar-refractivity contribution in [2.45, 2.75) is 13.0 Å². The number of carbonyl (C=O) groups excluding carboxylic acids is 1. The van der Waals surface area contributed by atoms with Crippen LogP contribution in [0.1, 0.15) is 27.3 Å². The number of nitrogens with one attached hydrogen (secondary N) is 2. The lowest BCUT2D eigenvalue weighted by molar-refractivity contribution is 0.0727. The van der Waals surface area contributed by atoms with Crippen LogP contribution in [0.3, 0.4) is 0 Å². The van der Waals surface area contributed by atoms with Crippen molar-refractivity contribution in [2.24, 2.45) is 0 Å². The Kier molecular flexibility index (Phi) is 4.41. The Balaban J connectivity index is 1.59. The molecular formula is C20H17N5O3. The van der Waals surface area contributed by atoms with Crippen LogP contribution in [0.15, 0.2) is 41.2 Å². The lowest BCUT2D eigenvalue weighted by Gasteiger charge is -2.28. The molecule has 0 atom stereocenters. The first kappa shape index (κ1) is 17.5. The number of benzene rings is 1. The third-order valence-electron chi connectivity index (χ3n) is 4.81. The molecule has 0 saturated carbocycles. The molecule has 0 fully saturated rings. The van der Waals surface area contributed by atoms with Gasteiger partial charge in [-0.25, -0.2) is 0 Å². The number of aromatic nitrogens is 3. The summed E-state index contributed by atoms with van der Waals surface area (Å²) < 4.78 is 5.35. The van der Waals surface area contributed by atoms with E-state index in [-0.39, 0.29) is 11.5 Å². The van der Waals surface area contributed by atoms with E-state index in [0.717, 1.165) is 16.8 Å². The number of aromatic amines is 2. The summed E-state index contributed by atoms with van der Waals surface area (Å²) in [6.07, 6.45) is 0.523. The number of para-hydroxylation sites is 1. The molecule has 0 radical (unpaired) electrons. The van der Waals surface area contributed by atoms with E-state index in [9.17, 15) is 9.59 Å². The van der Waals surface area contributed by atoms with Gasteiger partial charge in [-0.2, -0.15) is 10.4 Å². The minimum absolute atomic E-state index is 0.0491. The van der Waals surface area contributed by atoms with Crippen molar-refractivity contribution in [2.75, 3.05) is 13.7 Å². The van der Waals surface area contributed by atoms with E-state index >= 15 is 0 Å². The summed E-state index contributed by atoms with van der Waals surface area (Å²) in [6.45, 7) is 0.791. The van der Waals surface area contributed by atoms with Gasteiger partial charge in [0, 0.05) is 30.8 Å². The number of rotatable bonds is 3. The summed E-state index contributed by atoms with van der Waals surface area (Å²) in [7, 11) is 1.59. The van der Waals surface area contributed by atoms with Gasteiger partial charge in [0.25, 0.3) is 11.5 Å². The van der Waals surface area contributed by atoms with Crippen molar-refractivity contribution in [3.8, 4) is 23.1 Å². The first-order chi connectivity index (χ1) is 13.6. The van der Waals surface area contributed by atoms with Crippen LogP contribution >= 0.6 is 0 Å². The molecular weight excluding hydrogens is 358 g/mol. The zero-order valence-electron chi connectivity index (χ0n) is 15.2. The fraction of sp³-hybridized carbons (Fsp3) is 0.200. The van der Waals surface area contributed by atoms with E-state index in [4.69, 9.17) is 10.00 Å². The summed E-state index contributed by atoms with van der Waals surface area (Å²) in [5, 5.41) is 16.1. The number of methoxy groups -OCH3 is 1. The molecule has 0 unspecified atom stereocenters. The quantitative estimate of drug-likeness (QED) is 0.725. The first-order valence-electron chi connectivity index (χ1n) is 8.74. The lowest BCUT2D eigenvalue weighted by atomic mass is 10.0. The number of carbonyl (C=O) groups is 1. The summed E-state index contributed by atoms with van der Waals surface area (Å²) in [5.74, 6) is 0.483. The van der Waals surface area contributed by atoms with Crippen molar-refractivity contribution < 1.29 is 9.53 Å². The fourth-order valence-electron chi connectivity index (χ4n) is 3.36. The van der Waals surface area contributed by atoms with E-state index < -0.39 is 5.56 Å². The van der Waals surface area contributed by atoms with E-state index in [1.54, 1.807) is 24.1 Å². The van der Waals surface area contributed by atoms with Crippen LogP contribution in [0.25, 0.3) is 11.3 Å². The molecule has 4 rings (SSSR count). The van der Waals surface area contributed by atoms with Crippen LogP contribution in [-0.4, -0.2) is 39.6 Å². The highest BCUT2D eigenvalue weighted by molar-refractivity contribution is 5.93. The summed E-state index contributed by atoms with van der Waals surface area (Å²) in [6, 6.07) is 12.6. The second kappa shape index (κ2) is 7.04. The maximum absolute atomic E-state index is 12.9. The average Bonchev–Trinajstić information content (AvgIpc) is 3.22. The molecule has 140 valence electrons. The Labute approximate surface area is 160 Å². The summed E-state index contributed by atoms with van der Waals surface area (Å²) in [5.41, 5.74) is 2.99. The van der Waals surface area contributed by atoms with Gasteiger partial charge in [-0.05, 0) is 29.8 Å². The Morgan fingerprint density at radius 2 is 2.14 bits per heavy atom. The summed E-state index contributed by atoms with van der Waals surface area (Å²) >= 11 is 0. The molecule has 0 aliphatic carbocycles. The van der Waals surface area contributed by atoms with Crippen LogP contribution in [0.2, 0.25) is 0 Å². The Morgan fingerprint density at radius 1 is 1.32 bits per heavy atom. The highest BCUT2D eigenvalue weighted by Crippen LogP contribution is 2.29. The smallest absolute Gasteiger partial charge is 0.272 e. The number of fused-ring (bicyclic) bond motifs is 1. The zero-order valence-corrected chi connectivity index (χ0v) is 15.2. The minimum Gasteiger partial charge on any atom is -0.496 e. The molecule has 28 heavy (non-hydrogen) atoms. The van der Waals surface area contributed by atoms with Gasteiger partial charge in [-0.1, -0.05) is 12.1 Å². The highest BCUT2D eigenvalue weighted by atomic mass is 16.5. The molecule has 0 saturated heterocycles. The second-order valence-corrected chi connectivity index (χ2v) is 6.47. The topological polar surface area (TPSA) is 115 Å². The molecule has 1 aliphatic rings. The SMILES string of the molecule is COc1ccccc1-c1cc(C(=O)N2CCc3[nH]c(=O)c(C#N)cc3C2)[nH]n1. The lowest BCUT2D eigenvalue weighted by Crippen LogP contribution is -2.37. The van der Waals surface area contributed by atoms with Gasteiger partial charge < -0.3 is 14.6 Å². The third-order valence-corrected chi connectivity index (χ3v) is 4.81. The molecule has 1 aliphatic heterocycles. The molecule has 8 heteroatoms. The number of nitrogens with zero attached hydrogens (tertiary/aromatic N) is 3. The van der Waals surface area contributed by atoms with Crippen LogP contribution in [0.5, 0.6) is 5.75 Å². The number of hydrogen-bond acceptors (Lipinski definition) is 5. The summed E-state index contributed by atoms with van der Waals surface area (Å²) in [4.78, 5) is 29.1. The third kappa shape index (κ3) is 3.03. The minimum atomic E-state index is -0.393. The van der Waals surface area contributed by atoms with Crippen molar-refractivity contribution in [3.63, 3.8) is 0 Å². The van der Waals surface area contributed by atoms with Crippen LogP contribution in [0.4, 0.5) is 0 Å². The molecule has 0 bridgehead atoms.